The third kappa shape index (κ3) is 11.5. The van der Waals surface area contributed by atoms with Crippen LogP contribution in [0, 0.1) is 5.92 Å². The molecule has 110 valence electrons. The van der Waals surface area contributed by atoms with Crippen molar-refractivity contribution in [3.8, 4) is 0 Å². The Balaban J connectivity index is 3.75. The molecule has 5 heteroatoms. The quantitative estimate of drug-likeness (QED) is 0.371. The summed E-state index contributed by atoms with van der Waals surface area (Å²) in [6, 6.07) is 0. The highest BCUT2D eigenvalue weighted by Crippen LogP contribution is 2.16. The monoisotopic (exact) mass is 270 g/mol. The molecular weight excluding hydrogens is 244 g/mol. The fraction of sp³-hybridized carbons (Fsp3) is 0.714. The SMILES string of the molecule is C=CCNCC(=O)NCCC(CCC)CCC(=O)O. The van der Waals surface area contributed by atoms with Crippen LogP contribution in [0.2, 0.25) is 0 Å². The molecule has 0 aliphatic heterocycles. The van der Waals surface area contributed by atoms with E-state index in [0.29, 0.717) is 32.0 Å². The lowest BCUT2D eigenvalue weighted by Gasteiger charge is -2.15. The van der Waals surface area contributed by atoms with Gasteiger partial charge in [0.25, 0.3) is 0 Å². The number of amides is 1. The highest BCUT2D eigenvalue weighted by Gasteiger charge is 2.10. The van der Waals surface area contributed by atoms with Crippen molar-refractivity contribution in [1.82, 2.24) is 10.6 Å². The van der Waals surface area contributed by atoms with Crippen LogP contribution in [-0.4, -0.2) is 36.6 Å². The number of carbonyl (C=O) groups excluding carboxylic acids is 1. The van der Waals surface area contributed by atoms with E-state index in [4.69, 9.17) is 5.11 Å². The van der Waals surface area contributed by atoms with Crippen LogP contribution in [0.1, 0.15) is 39.0 Å². The van der Waals surface area contributed by atoms with E-state index in [9.17, 15) is 9.59 Å². The molecule has 0 aliphatic rings. The van der Waals surface area contributed by atoms with Crippen LogP contribution in [0.15, 0.2) is 12.7 Å². The van der Waals surface area contributed by atoms with Gasteiger partial charge in [-0.3, -0.25) is 9.59 Å². The summed E-state index contributed by atoms with van der Waals surface area (Å²) in [7, 11) is 0. The molecule has 0 radical (unpaired) electrons. The van der Waals surface area contributed by atoms with Gasteiger partial charge in [0.15, 0.2) is 0 Å². The van der Waals surface area contributed by atoms with E-state index in [1.807, 2.05) is 0 Å². The van der Waals surface area contributed by atoms with Crippen LogP contribution in [-0.2, 0) is 9.59 Å². The number of rotatable bonds is 12. The summed E-state index contributed by atoms with van der Waals surface area (Å²) in [5.74, 6) is -0.406. The summed E-state index contributed by atoms with van der Waals surface area (Å²) < 4.78 is 0. The maximum absolute atomic E-state index is 11.4. The van der Waals surface area contributed by atoms with Crippen molar-refractivity contribution < 1.29 is 14.7 Å². The molecule has 1 amide bonds. The Morgan fingerprint density at radius 2 is 2.05 bits per heavy atom. The third-order valence-corrected chi connectivity index (χ3v) is 2.91. The van der Waals surface area contributed by atoms with Gasteiger partial charge in [-0.1, -0.05) is 25.8 Å². The lowest BCUT2D eigenvalue weighted by molar-refractivity contribution is -0.137. The maximum atomic E-state index is 11.4. The first-order chi connectivity index (χ1) is 9.10. The van der Waals surface area contributed by atoms with Gasteiger partial charge in [-0.25, -0.2) is 0 Å². The van der Waals surface area contributed by atoms with E-state index < -0.39 is 5.97 Å². The standard InChI is InChI=1S/C14H26N2O3/c1-3-5-12(6-7-14(18)19)8-10-16-13(17)11-15-9-4-2/h4,12,15H,2-3,5-11H2,1H3,(H,16,17)(H,18,19). The lowest BCUT2D eigenvalue weighted by atomic mass is 9.94. The zero-order valence-electron chi connectivity index (χ0n) is 11.8. The second-order valence-corrected chi connectivity index (χ2v) is 4.65. The number of nitrogens with one attached hydrogen (secondary N) is 2. The summed E-state index contributed by atoms with van der Waals surface area (Å²) >= 11 is 0. The highest BCUT2D eigenvalue weighted by molar-refractivity contribution is 5.77. The second kappa shape index (κ2) is 11.7. The van der Waals surface area contributed by atoms with Gasteiger partial charge in [0.05, 0.1) is 6.54 Å². The second-order valence-electron chi connectivity index (χ2n) is 4.65. The van der Waals surface area contributed by atoms with Crippen molar-refractivity contribution in [2.24, 2.45) is 5.92 Å². The molecule has 0 rings (SSSR count). The van der Waals surface area contributed by atoms with Crippen LogP contribution in [0.5, 0.6) is 0 Å². The molecule has 3 N–H and O–H groups in total. The number of hydrogen-bond donors (Lipinski definition) is 3. The van der Waals surface area contributed by atoms with E-state index >= 15 is 0 Å². The predicted octanol–water partition coefficient (Wildman–Crippen LogP) is 1.55. The van der Waals surface area contributed by atoms with E-state index in [1.165, 1.54) is 0 Å². The average molecular weight is 270 g/mol. The zero-order valence-corrected chi connectivity index (χ0v) is 11.8. The summed E-state index contributed by atoms with van der Waals surface area (Å²) in [6.45, 7) is 7.16. The van der Waals surface area contributed by atoms with Gasteiger partial charge in [-0.05, 0) is 18.8 Å². The molecule has 1 unspecified atom stereocenters. The Bertz CT molecular complexity index is 280. The molecule has 0 aromatic heterocycles. The molecular formula is C14H26N2O3. The smallest absolute Gasteiger partial charge is 0.303 e. The van der Waals surface area contributed by atoms with Crippen LogP contribution in [0.25, 0.3) is 0 Å². The molecule has 0 aliphatic carbocycles. The number of aliphatic carboxylic acids is 1. The first kappa shape index (κ1) is 17.6. The molecule has 0 bridgehead atoms. The van der Waals surface area contributed by atoms with E-state index in [1.54, 1.807) is 6.08 Å². The number of hydrogen-bond acceptors (Lipinski definition) is 3. The maximum Gasteiger partial charge on any atom is 0.303 e. The van der Waals surface area contributed by atoms with Crippen molar-refractivity contribution in [3.63, 3.8) is 0 Å². The van der Waals surface area contributed by atoms with E-state index in [0.717, 1.165) is 19.3 Å². The van der Waals surface area contributed by atoms with Crippen LogP contribution >= 0.6 is 0 Å². The van der Waals surface area contributed by atoms with Crippen LogP contribution < -0.4 is 10.6 Å². The summed E-state index contributed by atoms with van der Waals surface area (Å²) in [5.41, 5.74) is 0. The first-order valence-corrected chi connectivity index (χ1v) is 6.90. The Hall–Kier alpha value is -1.36. The minimum Gasteiger partial charge on any atom is -0.481 e. The lowest BCUT2D eigenvalue weighted by Crippen LogP contribution is -2.35. The molecule has 0 saturated carbocycles. The summed E-state index contributed by atoms with van der Waals surface area (Å²) in [4.78, 5) is 22.0. The number of carboxylic acid groups (broad SMARTS) is 1. The summed E-state index contributed by atoms with van der Waals surface area (Å²) in [5, 5.41) is 14.4. The van der Waals surface area contributed by atoms with Crippen LogP contribution in [0.4, 0.5) is 0 Å². The normalized spacial score (nSPS) is 11.8. The fourth-order valence-corrected chi connectivity index (χ4v) is 1.93. The van der Waals surface area contributed by atoms with Gasteiger partial charge >= 0.3 is 5.97 Å². The van der Waals surface area contributed by atoms with Gasteiger partial charge < -0.3 is 15.7 Å². The molecule has 1 atom stereocenters. The minimum atomic E-state index is -0.751. The van der Waals surface area contributed by atoms with Crippen LogP contribution in [0.3, 0.4) is 0 Å². The van der Waals surface area contributed by atoms with Crippen molar-refractivity contribution in [1.29, 1.82) is 0 Å². The van der Waals surface area contributed by atoms with Crippen molar-refractivity contribution in [3.05, 3.63) is 12.7 Å². The minimum absolute atomic E-state index is 0.0321. The molecule has 0 saturated heterocycles. The Labute approximate surface area is 115 Å². The summed E-state index contributed by atoms with van der Waals surface area (Å²) in [6.07, 6.45) is 5.50. The third-order valence-electron chi connectivity index (χ3n) is 2.91. The largest absolute Gasteiger partial charge is 0.481 e. The fourth-order valence-electron chi connectivity index (χ4n) is 1.93. The molecule has 0 heterocycles. The van der Waals surface area contributed by atoms with E-state index in [-0.39, 0.29) is 12.3 Å². The van der Waals surface area contributed by atoms with Gasteiger partial charge in [0.2, 0.25) is 5.91 Å². The predicted molar refractivity (Wildman–Crippen MR) is 76.0 cm³/mol. The first-order valence-electron chi connectivity index (χ1n) is 6.90. The topological polar surface area (TPSA) is 78.4 Å². The van der Waals surface area contributed by atoms with Crippen molar-refractivity contribution in [2.75, 3.05) is 19.6 Å². The van der Waals surface area contributed by atoms with Crippen molar-refractivity contribution in [2.45, 2.75) is 39.0 Å². The Morgan fingerprint density at radius 1 is 1.32 bits per heavy atom. The number of carboxylic acids is 1. The van der Waals surface area contributed by atoms with E-state index in [2.05, 4.69) is 24.1 Å². The Kier molecular flexibility index (Phi) is 10.9. The van der Waals surface area contributed by atoms with Gasteiger partial charge in [0.1, 0.15) is 0 Å². The molecule has 0 aromatic carbocycles. The zero-order chi connectivity index (χ0) is 14.5. The molecule has 5 nitrogen and oxygen atoms in total. The highest BCUT2D eigenvalue weighted by atomic mass is 16.4. The number of carbonyl (C=O) groups is 2. The van der Waals surface area contributed by atoms with Crippen molar-refractivity contribution >= 4 is 11.9 Å². The molecule has 0 aromatic rings. The molecule has 0 spiro atoms. The van der Waals surface area contributed by atoms with Gasteiger partial charge in [-0.15, -0.1) is 6.58 Å². The Morgan fingerprint density at radius 3 is 2.63 bits per heavy atom. The van der Waals surface area contributed by atoms with Gasteiger partial charge in [0, 0.05) is 19.5 Å². The average Bonchev–Trinajstić information content (AvgIpc) is 2.36. The molecule has 0 fully saturated rings. The molecule has 19 heavy (non-hydrogen) atoms. The van der Waals surface area contributed by atoms with Gasteiger partial charge in [-0.2, -0.15) is 0 Å².